The van der Waals surface area contributed by atoms with Crippen molar-refractivity contribution in [1.29, 1.82) is 0 Å². The lowest BCUT2D eigenvalue weighted by Crippen LogP contribution is -2.28. The molecule has 1 saturated heterocycles. The van der Waals surface area contributed by atoms with E-state index in [9.17, 15) is 14.4 Å². The van der Waals surface area contributed by atoms with Crippen LogP contribution in [0.2, 0.25) is 5.02 Å². The first-order chi connectivity index (χ1) is 15.4. The van der Waals surface area contributed by atoms with Gasteiger partial charge in [0.2, 0.25) is 11.7 Å². The van der Waals surface area contributed by atoms with Gasteiger partial charge in [-0.1, -0.05) is 17.7 Å². The predicted octanol–water partition coefficient (Wildman–Crippen LogP) is 2.90. The number of nitrogens with zero attached hydrogens (tertiary/aromatic N) is 1. The van der Waals surface area contributed by atoms with E-state index in [1.54, 1.807) is 36.4 Å². The molecule has 1 N–H and O–H groups in total. The van der Waals surface area contributed by atoms with E-state index in [1.165, 1.54) is 26.2 Å². The predicted molar refractivity (Wildman–Crippen MR) is 118 cm³/mol. The SMILES string of the molecule is COc1cc(NC(=O)COC(=O)[C@H]2CC(=O)N(c3cccc(Cl)c3)C2)cc(OC)c1OC. The zero-order valence-corrected chi connectivity index (χ0v) is 18.6. The summed E-state index contributed by atoms with van der Waals surface area (Å²) in [6.45, 7) is -0.343. The van der Waals surface area contributed by atoms with E-state index in [0.29, 0.717) is 33.6 Å². The highest BCUT2D eigenvalue weighted by Gasteiger charge is 2.36. The second kappa shape index (κ2) is 10.2. The van der Waals surface area contributed by atoms with Crippen molar-refractivity contribution >= 4 is 40.8 Å². The third-order valence-corrected chi connectivity index (χ3v) is 5.11. The van der Waals surface area contributed by atoms with E-state index in [0.717, 1.165) is 0 Å². The molecule has 32 heavy (non-hydrogen) atoms. The van der Waals surface area contributed by atoms with Crippen molar-refractivity contribution in [3.63, 3.8) is 0 Å². The van der Waals surface area contributed by atoms with Crippen LogP contribution in [0.15, 0.2) is 36.4 Å². The van der Waals surface area contributed by atoms with Gasteiger partial charge in [-0.3, -0.25) is 14.4 Å². The Bertz CT molecular complexity index is 1000. The highest BCUT2D eigenvalue weighted by molar-refractivity contribution is 6.31. The van der Waals surface area contributed by atoms with E-state index < -0.39 is 24.4 Å². The summed E-state index contributed by atoms with van der Waals surface area (Å²) in [5, 5.41) is 3.11. The van der Waals surface area contributed by atoms with Crippen LogP contribution in [-0.2, 0) is 19.1 Å². The molecule has 170 valence electrons. The summed E-state index contributed by atoms with van der Waals surface area (Å²) in [7, 11) is 4.39. The van der Waals surface area contributed by atoms with Crippen LogP contribution in [0.4, 0.5) is 11.4 Å². The molecular weight excluding hydrogens is 440 g/mol. The Labute approximate surface area is 190 Å². The molecule has 0 radical (unpaired) electrons. The average molecular weight is 463 g/mol. The Morgan fingerprint density at radius 3 is 2.38 bits per heavy atom. The van der Waals surface area contributed by atoms with E-state index in [4.69, 9.17) is 30.5 Å². The molecule has 0 saturated carbocycles. The Morgan fingerprint density at radius 2 is 1.78 bits per heavy atom. The maximum Gasteiger partial charge on any atom is 0.311 e. The van der Waals surface area contributed by atoms with Crippen LogP contribution in [-0.4, -0.2) is 52.3 Å². The van der Waals surface area contributed by atoms with E-state index in [-0.39, 0.29) is 18.9 Å². The summed E-state index contributed by atoms with van der Waals surface area (Å²) in [5.41, 5.74) is 0.988. The minimum Gasteiger partial charge on any atom is -0.493 e. The van der Waals surface area contributed by atoms with Gasteiger partial charge in [-0.15, -0.1) is 0 Å². The lowest BCUT2D eigenvalue weighted by atomic mass is 10.1. The number of amides is 2. The molecule has 1 aliphatic rings. The van der Waals surface area contributed by atoms with Crippen molar-refractivity contribution in [1.82, 2.24) is 0 Å². The molecule has 1 aliphatic heterocycles. The zero-order valence-electron chi connectivity index (χ0n) is 17.8. The van der Waals surface area contributed by atoms with Crippen LogP contribution < -0.4 is 24.4 Å². The van der Waals surface area contributed by atoms with Gasteiger partial charge in [0.1, 0.15) is 0 Å². The number of benzene rings is 2. The second-order valence-corrected chi connectivity index (χ2v) is 7.39. The number of rotatable bonds is 8. The minimum atomic E-state index is -0.671. The van der Waals surface area contributed by atoms with Crippen molar-refractivity contribution in [2.45, 2.75) is 6.42 Å². The first kappa shape index (κ1) is 23.2. The van der Waals surface area contributed by atoms with E-state index >= 15 is 0 Å². The van der Waals surface area contributed by atoms with Gasteiger partial charge in [-0.25, -0.2) is 0 Å². The van der Waals surface area contributed by atoms with Gasteiger partial charge >= 0.3 is 5.97 Å². The monoisotopic (exact) mass is 462 g/mol. The molecule has 2 amide bonds. The molecule has 1 heterocycles. The number of methoxy groups -OCH3 is 3. The maximum atomic E-state index is 12.4. The highest BCUT2D eigenvalue weighted by atomic mass is 35.5. The lowest BCUT2D eigenvalue weighted by Gasteiger charge is -2.17. The second-order valence-electron chi connectivity index (χ2n) is 6.96. The zero-order chi connectivity index (χ0) is 23.3. The first-order valence-corrected chi connectivity index (χ1v) is 10.1. The molecule has 9 nitrogen and oxygen atoms in total. The van der Waals surface area contributed by atoms with Gasteiger partial charge in [0, 0.05) is 41.5 Å². The van der Waals surface area contributed by atoms with Crippen molar-refractivity contribution in [2.75, 3.05) is 44.7 Å². The van der Waals surface area contributed by atoms with Crippen LogP contribution in [0.1, 0.15) is 6.42 Å². The largest absolute Gasteiger partial charge is 0.493 e. The summed E-state index contributed by atoms with van der Waals surface area (Å²) in [5.74, 6) is -0.942. The third kappa shape index (κ3) is 5.23. The van der Waals surface area contributed by atoms with Gasteiger partial charge in [-0.2, -0.15) is 0 Å². The van der Waals surface area contributed by atoms with Crippen LogP contribution >= 0.6 is 11.6 Å². The average Bonchev–Trinajstić information content (AvgIpc) is 3.18. The summed E-state index contributed by atoms with van der Waals surface area (Å²) < 4.78 is 20.9. The van der Waals surface area contributed by atoms with Crippen LogP contribution in [0.3, 0.4) is 0 Å². The van der Waals surface area contributed by atoms with Crippen LogP contribution in [0.25, 0.3) is 0 Å². The van der Waals surface area contributed by atoms with Crippen LogP contribution in [0, 0.1) is 5.92 Å². The van der Waals surface area contributed by atoms with Crippen molar-refractivity contribution in [3.8, 4) is 17.2 Å². The third-order valence-electron chi connectivity index (χ3n) is 4.87. The molecule has 1 atom stereocenters. The number of hydrogen-bond donors (Lipinski definition) is 1. The number of anilines is 2. The highest BCUT2D eigenvalue weighted by Crippen LogP contribution is 2.39. The fraction of sp³-hybridized carbons (Fsp3) is 0.318. The van der Waals surface area contributed by atoms with E-state index in [1.807, 2.05) is 0 Å². The van der Waals surface area contributed by atoms with Gasteiger partial charge < -0.3 is 29.2 Å². The molecule has 2 aromatic carbocycles. The minimum absolute atomic E-state index is 0.000155. The number of carbonyl (C=O) groups excluding carboxylic acids is 3. The number of halogens is 1. The molecule has 10 heteroatoms. The van der Waals surface area contributed by atoms with Crippen molar-refractivity contribution in [3.05, 3.63) is 41.4 Å². The normalized spacial score (nSPS) is 15.3. The molecule has 0 aliphatic carbocycles. The summed E-state index contributed by atoms with van der Waals surface area (Å²) in [6.07, 6.45) is -0.000155. The van der Waals surface area contributed by atoms with Crippen molar-refractivity contribution in [2.24, 2.45) is 5.92 Å². The summed E-state index contributed by atoms with van der Waals surface area (Å²) >= 11 is 5.98. The van der Waals surface area contributed by atoms with Crippen LogP contribution in [0.5, 0.6) is 17.2 Å². The number of esters is 1. The number of carbonyl (C=O) groups is 3. The van der Waals surface area contributed by atoms with E-state index in [2.05, 4.69) is 5.32 Å². The number of ether oxygens (including phenoxy) is 4. The molecule has 2 aromatic rings. The smallest absolute Gasteiger partial charge is 0.311 e. The fourth-order valence-electron chi connectivity index (χ4n) is 3.36. The topological polar surface area (TPSA) is 103 Å². The Morgan fingerprint density at radius 1 is 1.09 bits per heavy atom. The standard InChI is InChI=1S/C22H23ClN2O7/c1-29-17-9-15(10-18(30-2)21(17)31-3)24-19(26)12-32-22(28)13-7-20(27)25(11-13)16-6-4-5-14(23)8-16/h4-6,8-10,13H,7,11-12H2,1-3H3,(H,24,26)/t13-/m0/s1. The maximum absolute atomic E-state index is 12.4. The Balaban J connectivity index is 1.57. The molecule has 1 fully saturated rings. The molecular formula is C22H23ClN2O7. The number of nitrogens with one attached hydrogen (secondary N) is 1. The molecule has 0 unspecified atom stereocenters. The van der Waals surface area contributed by atoms with Gasteiger partial charge in [-0.05, 0) is 18.2 Å². The fourth-order valence-corrected chi connectivity index (χ4v) is 3.55. The van der Waals surface area contributed by atoms with Gasteiger partial charge in [0.25, 0.3) is 5.91 Å². The summed E-state index contributed by atoms with van der Waals surface area (Å²) in [6, 6.07) is 9.92. The summed E-state index contributed by atoms with van der Waals surface area (Å²) in [4.78, 5) is 38.5. The number of hydrogen-bond acceptors (Lipinski definition) is 7. The first-order valence-electron chi connectivity index (χ1n) is 9.68. The quantitative estimate of drug-likeness (QED) is 0.601. The molecule has 0 spiro atoms. The van der Waals surface area contributed by atoms with Gasteiger partial charge in [0.15, 0.2) is 18.1 Å². The molecule has 0 aromatic heterocycles. The molecule has 3 rings (SSSR count). The van der Waals surface area contributed by atoms with Gasteiger partial charge in [0.05, 0.1) is 27.2 Å². The van der Waals surface area contributed by atoms with Crippen molar-refractivity contribution < 1.29 is 33.3 Å². The molecule has 0 bridgehead atoms. The Hall–Kier alpha value is -3.46. The lowest BCUT2D eigenvalue weighted by molar-refractivity contribution is -0.151. The Kier molecular flexibility index (Phi) is 7.42.